The lowest BCUT2D eigenvalue weighted by Gasteiger charge is -2.42. The summed E-state index contributed by atoms with van der Waals surface area (Å²) in [6.45, 7) is 7.03. The SMILES string of the molecule is CCOC(=O)C1=C(CN2CCN(S(=O)(=O)c3ccc(Cl)cc3)[C@@H](C)C2)N(CC)C(=O)N[C@@H]1c1cccc(Cl)c1Cl. The van der Waals surface area contributed by atoms with Gasteiger partial charge in [0.2, 0.25) is 10.0 Å². The molecule has 40 heavy (non-hydrogen) atoms. The van der Waals surface area contributed by atoms with Crippen LogP contribution in [0.2, 0.25) is 15.1 Å². The molecule has 2 aliphatic rings. The number of amides is 2. The second-order valence-electron chi connectivity index (χ2n) is 9.50. The zero-order chi connectivity index (χ0) is 29.2. The number of hydrogen-bond acceptors (Lipinski definition) is 6. The van der Waals surface area contributed by atoms with E-state index in [1.807, 2.05) is 18.7 Å². The standard InChI is InChI=1S/C27H31Cl3N4O5S/c1-4-33-22(16-32-13-14-34(17(3)15-32)40(37,38)19-11-9-18(28)10-12-19)23(26(35)39-5-2)25(31-27(33)36)20-7-6-8-21(29)24(20)30/h6-12,17,25H,4-5,13-16H2,1-3H3,(H,31,36)/t17-,25+/m0/s1. The summed E-state index contributed by atoms with van der Waals surface area (Å²) < 4.78 is 33.5. The lowest BCUT2D eigenvalue weighted by molar-refractivity contribution is -0.139. The van der Waals surface area contributed by atoms with E-state index in [4.69, 9.17) is 39.5 Å². The first-order valence-electron chi connectivity index (χ1n) is 12.9. The van der Waals surface area contributed by atoms with E-state index in [1.54, 1.807) is 37.3 Å². The minimum absolute atomic E-state index is 0.143. The monoisotopic (exact) mass is 628 g/mol. The topological polar surface area (TPSA) is 99.3 Å². The predicted octanol–water partition coefficient (Wildman–Crippen LogP) is 4.95. The van der Waals surface area contributed by atoms with Crippen LogP contribution in [0.5, 0.6) is 0 Å². The van der Waals surface area contributed by atoms with Crippen LogP contribution in [0.25, 0.3) is 0 Å². The van der Waals surface area contributed by atoms with E-state index in [1.165, 1.54) is 21.3 Å². The first kappa shape index (κ1) is 30.6. The van der Waals surface area contributed by atoms with Gasteiger partial charge in [-0.05, 0) is 56.7 Å². The maximum absolute atomic E-state index is 13.4. The Hall–Kier alpha value is -2.34. The van der Waals surface area contributed by atoms with Crippen LogP contribution in [0.3, 0.4) is 0 Å². The van der Waals surface area contributed by atoms with Crippen molar-refractivity contribution in [1.29, 1.82) is 0 Å². The highest BCUT2D eigenvalue weighted by atomic mass is 35.5. The fraction of sp³-hybridized carbons (Fsp3) is 0.407. The summed E-state index contributed by atoms with van der Waals surface area (Å²) in [5.41, 5.74) is 1.22. The number of piperazine rings is 1. The van der Waals surface area contributed by atoms with E-state index in [0.717, 1.165) is 0 Å². The van der Waals surface area contributed by atoms with Crippen LogP contribution in [0.4, 0.5) is 4.79 Å². The number of carbonyl (C=O) groups excluding carboxylic acids is 2. The first-order valence-corrected chi connectivity index (χ1v) is 15.5. The van der Waals surface area contributed by atoms with E-state index >= 15 is 0 Å². The molecule has 0 saturated carbocycles. The minimum Gasteiger partial charge on any atom is -0.463 e. The molecule has 4 rings (SSSR count). The number of urea groups is 1. The maximum Gasteiger partial charge on any atom is 0.338 e. The summed E-state index contributed by atoms with van der Waals surface area (Å²) in [6, 6.07) is 9.50. The van der Waals surface area contributed by atoms with Crippen LogP contribution in [-0.4, -0.2) is 79.9 Å². The van der Waals surface area contributed by atoms with E-state index in [0.29, 0.717) is 40.9 Å². The quantitative estimate of drug-likeness (QED) is 0.415. The second-order valence-corrected chi connectivity index (χ2v) is 12.6. The Balaban J connectivity index is 1.68. The fourth-order valence-electron chi connectivity index (χ4n) is 5.11. The Bertz CT molecular complexity index is 1420. The number of esters is 1. The maximum atomic E-state index is 13.4. The molecule has 0 radical (unpaired) electrons. The average molecular weight is 630 g/mol. The first-order chi connectivity index (χ1) is 19.0. The lowest BCUT2D eigenvalue weighted by atomic mass is 9.94. The predicted molar refractivity (Wildman–Crippen MR) is 155 cm³/mol. The highest BCUT2D eigenvalue weighted by Gasteiger charge is 2.41. The number of likely N-dealkylation sites (N-methyl/N-ethyl adjacent to an activating group) is 1. The molecule has 2 amide bonds. The Morgan fingerprint density at radius 1 is 1.07 bits per heavy atom. The third kappa shape index (κ3) is 6.12. The molecule has 0 bridgehead atoms. The van der Waals surface area contributed by atoms with Crippen molar-refractivity contribution in [3.05, 3.63) is 74.4 Å². The molecule has 0 aromatic heterocycles. The van der Waals surface area contributed by atoms with Gasteiger partial charge in [0.05, 0.1) is 33.2 Å². The molecule has 13 heteroatoms. The molecule has 2 heterocycles. The molecule has 216 valence electrons. The van der Waals surface area contributed by atoms with Crippen molar-refractivity contribution in [2.45, 2.75) is 37.8 Å². The minimum atomic E-state index is -3.73. The van der Waals surface area contributed by atoms with Gasteiger partial charge in [-0.15, -0.1) is 0 Å². The molecule has 0 spiro atoms. The van der Waals surface area contributed by atoms with Crippen LogP contribution >= 0.6 is 34.8 Å². The normalized spacial score (nSPS) is 20.9. The summed E-state index contributed by atoms with van der Waals surface area (Å²) in [6.07, 6.45) is 0. The van der Waals surface area contributed by atoms with E-state index in [9.17, 15) is 18.0 Å². The third-order valence-electron chi connectivity index (χ3n) is 6.99. The largest absolute Gasteiger partial charge is 0.463 e. The second kappa shape index (κ2) is 12.7. The molecule has 0 unspecified atom stereocenters. The summed E-state index contributed by atoms with van der Waals surface area (Å²) >= 11 is 18.7. The van der Waals surface area contributed by atoms with Gasteiger partial charge in [0, 0.05) is 49.5 Å². The Labute approximate surface area is 249 Å². The van der Waals surface area contributed by atoms with Crippen LogP contribution in [0.15, 0.2) is 58.6 Å². The molecule has 9 nitrogen and oxygen atoms in total. The summed E-state index contributed by atoms with van der Waals surface area (Å²) in [5.74, 6) is -0.575. The van der Waals surface area contributed by atoms with Crippen molar-refractivity contribution in [2.75, 3.05) is 39.3 Å². The smallest absolute Gasteiger partial charge is 0.338 e. The Morgan fingerprint density at radius 2 is 1.77 bits per heavy atom. The Kier molecular flexibility index (Phi) is 9.70. The van der Waals surface area contributed by atoms with Crippen LogP contribution in [-0.2, 0) is 19.6 Å². The van der Waals surface area contributed by atoms with Crippen molar-refractivity contribution >= 4 is 56.8 Å². The average Bonchev–Trinajstić information content (AvgIpc) is 2.90. The van der Waals surface area contributed by atoms with Crippen molar-refractivity contribution in [3.63, 3.8) is 0 Å². The van der Waals surface area contributed by atoms with Crippen molar-refractivity contribution in [3.8, 4) is 0 Å². The molecule has 1 N–H and O–H groups in total. The number of carbonyl (C=O) groups is 2. The summed E-state index contributed by atoms with van der Waals surface area (Å²) in [7, 11) is -3.73. The molecule has 1 saturated heterocycles. The number of hydrogen-bond donors (Lipinski definition) is 1. The van der Waals surface area contributed by atoms with E-state index < -0.39 is 22.0 Å². The van der Waals surface area contributed by atoms with Gasteiger partial charge in [0.25, 0.3) is 0 Å². The summed E-state index contributed by atoms with van der Waals surface area (Å²) in [5, 5.41) is 3.87. The number of halogens is 3. The number of rotatable bonds is 8. The lowest BCUT2D eigenvalue weighted by Crippen LogP contribution is -2.56. The molecular formula is C27H31Cl3N4O5S. The molecule has 2 aliphatic heterocycles. The van der Waals surface area contributed by atoms with Crippen molar-refractivity contribution in [2.24, 2.45) is 0 Å². The molecule has 2 aromatic carbocycles. The van der Waals surface area contributed by atoms with Gasteiger partial charge in [-0.1, -0.05) is 46.9 Å². The molecule has 0 aliphatic carbocycles. The third-order valence-corrected chi connectivity index (χ3v) is 10.1. The highest BCUT2D eigenvalue weighted by Crippen LogP contribution is 2.38. The van der Waals surface area contributed by atoms with Crippen LogP contribution < -0.4 is 5.32 Å². The van der Waals surface area contributed by atoms with Crippen molar-refractivity contribution < 1.29 is 22.7 Å². The van der Waals surface area contributed by atoms with Crippen molar-refractivity contribution in [1.82, 2.24) is 19.4 Å². The summed E-state index contributed by atoms with van der Waals surface area (Å²) in [4.78, 5) is 30.3. The number of sulfonamides is 1. The van der Waals surface area contributed by atoms with Gasteiger partial charge in [0.1, 0.15) is 0 Å². The molecule has 1 fully saturated rings. The Morgan fingerprint density at radius 3 is 2.40 bits per heavy atom. The van der Waals surface area contributed by atoms with Crippen LogP contribution in [0, 0.1) is 0 Å². The molecular weight excluding hydrogens is 599 g/mol. The van der Waals surface area contributed by atoms with Gasteiger partial charge >= 0.3 is 12.0 Å². The van der Waals surface area contributed by atoms with E-state index in [2.05, 4.69) is 5.32 Å². The number of nitrogens with zero attached hydrogens (tertiary/aromatic N) is 3. The fourth-order valence-corrected chi connectivity index (χ4v) is 7.26. The molecule has 2 atom stereocenters. The van der Waals surface area contributed by atoms with Gasteiger partial charge < -0.3 is 10.1 Å². The number of benzene rings is 2. The van der Waals surface area contributed by atoms with Crippen LogP contribution in [0.1, 0.15) is 32.4 Å². The van der Waals surface area contributed by atoms with Gasteiger partial charge in [0.15, 0.2) is 0 Å². The number of nitrogens with one attached hydrogen (secondary N) is 1. The van der Waals surface area contributed by atoms with Gasteiger partial charge in [-0.25, -0.2) is 18.0 Å². The highest BCUT2D eigenvalue weighted by molar-refractivity contribution is 7.89. The van der Waals surface area contributed by atoms with Gasteiger partial charge in [-0.2, -0.15) is 4.31 Å². The zero-order valence-corrected chi connectivity index (χ0v) is 25.4. The van der Waals surface area contributed by atoms with E-state index in [-0.39, 0.29) is 47.3 Å². The zero-order valence-electron chi connectivity index (χ0n) is 22.4. The molecule has 2 aromatic rings. The number of ether oxygens (including phenoxy) is 1. The van der Waals surface area contributed by atoms with Gasteiger partial charge in [-0.3, -0.25) is 9.80 Å².